The molecule has 9 heteroatoms. The van der Waals surface area contributed by atoms with Crippen LogP contribution in [0.15, 0.2) is 46.9 Å². The van der Waals surface area contributed by atoms with Crippen molar-refractivity contribution < 1.29 is 4.79 Å². The van der Waals surface area contributed by atoms with Gasteiger partial charge in [-0.25, -0.2) is 0 Å². The molecule has 1 atom stereocenters. The van der Waals surface area contributed by atoms with Gasteiger partial charge >= 0.3 is 0 Å². The van der Waals surface area contributed by atoms with E-state index in [0.29, 0.717) is 41.4 Å². The van der Waals surface area contributed by atoms with Crippen LogP contribution in [0.25, 0.3) is 16.7 Å². The number of allylic oxidation sites excluding steroid dienone is 1. The second kappa shape index (κ2) is 10.5. The van der Waals surface area contributed by atoms with Crippen molar-refractivity contribution in [1.82, 2.24) is 29.4 Å². The minimum Gasteiger partial charge on any atom is -0.354 e. The summed E-state index contributed by atoms with van der Waals surface area (Å²) in [7, 11) is 4.19. The number of aromatic nitrogens is 4. The van der Waals surface area contributed by atoms with E-state index in [1.807, 2.05) is 22.6 Å². The molecular weight excluding hydrogens is 436 g/mol. The summed E-state index contributed by atoms with van der Waals surface area (Å²) in [6.45, 7) is 4.74. The number of nitrogens with one attached hydrogen (secondary N) is 1. The molecule has 4 rings (SSSR count). The van der Waals surface area contributed by atoms with Crippen LogP contribution in [-0.4, -0.2) is 62.4 Å². The molecule has 0 radical (unpaired) electrons. The van der Waals surface area contributed by atoms with E-state index >= 15 is 0 Å². The lowest BCUT2D eigenvalue weighted by Gasteiger charge is -2.35. The maximum Gasteiger partial charge on any atom is 0.263 e. The Hall–Kier alpha value is -2.65. The lowest BCUT2D eigenvalue weighted by atomic mass is 9.83. The molecule has 1 N–H and O–H groups in total. The van der Waals surface area contributed by atoms with Gasteiger partial charge in [0.05, 0.1) is 16.7 Å². The summed E-state index contributed by atoms with van der Waals surface area (Å²) in [5, 5.41) is 12.8. The Morgan fingerprint density at radius 1 is 1.27 bits per heavy atom. The molecule has 176 valence electrons. The summed E-state index contributed by atoms with van der Waals surface area (Å²) in [6, 6.07) is 7.75. The highest BCUT2D eigenvalue weighted by atomic mass is 32.2. The van der Waals surface area contributed by atoms with Gasteiger partial charge in [0, 0.05) is 19.1 Å². The van der Waals surface area contributed by atoms with E-state index in [0.717, 1.165) is 5.52 Å². The Morgan fingerprint density at radius 2 is 2.03 bits per heavy atom. The quantitative estimate of drug-likeness (QED) is 0.384. The largest absolute Gasteiger partial charge is 0.354 e. The predicted octanol–water partition coefficient (Wildman–Crippen LogP) is 2.95. The zero-order valence-electron chi connectivity index (χ0n) is 19.4. The number of hydrogen-bond acceptors (Lipinski definition) is 6. The van der Waals surface area contributed by atoms with Gasteiger partial charge in [-0.15, -0.1) is 16.8 Å². The molecule has 0 bridgehead atoms. The van der Waals surface area contributed by atoms with Gasteiger partial charge in [0.2, 0.25) is 11.7 Å². The lowest BCUT2D eigenvalue weighted by Crippen LogP contribution is -2.45. The van der Waals surface area contributed by atoms with Crippen molar-refractivity contribution in [3.05, 3.63) is 47.3 Å². The van der Waals surface area contributed by atoms with Gasteiger partial charge in [-0.3, -0.25) is 18.6 Å². The number of carbonyl (C=O) groups excluding carboxylic acids is 1. The second-order valence-corrected chi connectivity index (χ2v) is 9.80. The van der Waals surface area contributed by atoms with Crippen molar-refractivity contribution in [2.75, 3.05) is 26.4 Å². The van der Waals surface area contributed by atoms with Crippen LogP contribution in [-0.2, 0) is 11.3 Å². The highest BCUT2D eigenvalue weighted by molar-refractivity contribution is 7.99. The molecule has 1 aliphatic rings. The number of carbonyl (C=O) groups is 1. The fourth-order valence-electron chi connectivity index (χ4n) is 4.81. The van der Waals surface area contributed by atoms with Crippen molar-refractivity contribution in [2.45, 2.75) is 49.8 Å². The number of para-hydroxylation sites is 1. The normalized spacial score (nSPS) is 15.8. The van der Waals surface area contributed by atoms with E-state index in [2.05, 4.69) is 41.1 Å². The molecule has 0 saturated heterocycles. The molecule has 1 aliphatic carbocycles. The fourth-order valence-corrected chi connectivity index (χ4v) is 5.58. The van der Waals surface area contributed by atoms with Gasteiger partial charge < -0.3 is 10.2 Å². The van der Waals surface area contributed by atoms with Gasteiger partial charge in [-0.05, 0) is 45.0 Å². The van der Waals surface area contributed by atoms with E-state index in [-0.39, 0.29) is 17.2 Å². The molecule has 0 aliphatic heterocycles. The molecule has 1 saturated carbocycles. The predicted molar refractivity (Wildman–Crippen MR) is 133 cm³/mol. The third-order valence-corrected chi connectivity index (χ3v) is 7.42. The summed E-state index contributed by atoms with van der Waals surface area (Å²) in [6.07, 6.45) is 8.02. The molecule has 0 unspecified atom stereocenters. The topological polar surface area (TPSA) is 84.5 Å². The van der Waals surface area contributed by atoms with Crippen LogP contribution < -0.4 is 10.9 Å². The molecule has 1 fully saturated rings. The fraction of sp³-hybridized carbons (Fsp3) is 0.500. The van der Waals surface area contributed by atoms with Gasteiger partial charge in [0.1, 0.15) is 0 Å². The molecule has 2 heterocycles. The first-order chi connectivity index (χ1) is 16.0. The van der Waals surface area contributed by atoms with Crippen molar-refractivity contribution in [3.63, 3.8) is 0 Å². The molecule has 1 aromatic carbocycles. The average molecular weight is 469 g/mol. The summed E-state index contributed by atoms with van der Waals surface area (Å²) < 4.78 is 3.40. The maximum absolute atomic E-state index is 12.9. The second-order valence-electron chi connectivity index (χ2n) is 8.86. The van der Waals surface area contributed by atoms with Crippen LogP contribution >= 0.6 is 11.8 Å². The first kappa shape index (κ1) is 23.5. The van der Waals surface area contributed by atoms with Crippen molar-refractivity contribution in [2.24, 2.45) is 5.92 Å². The van der Waals surface area contributed by atoms with Crippen molar-refractivity contribution >= 4 is 34.3 Å². The smallest absolute Gasteiger partial charge is 0.263 e. The van der Waals surface area contributed by atoms with Crippen LogP contribution in [0.4, 0.5) is 0 Å². The summed E-state index contributed by atoms with van der Waals surface area (Å²) >= 11 is 1.33. The van der Waals surface area contributed by atoms with Crippen LogP contribution in [0.2, 0.25) is 0 Å². The Balaban J connectivity index is 1.50. The molecule has 33 heavy (non-hydrogen) atoms. The highest BCUT2D eigenvalue weighted by Crippen LogP contribution is 2.28. The van der Waals surface area contributed by atoms with E-state index in [1.165, 1.54) is 43.9 Å². The zero-order chi connectivity index (χ0) is 23.4. The minimum atomic E-state index is -0.128. The molecule has 1 amide bonds. The van der Waals surface area contributed by atoms with Gasteiger partial charge in [-0.1, -0.05) is 49.2 Å². The first-order valence-corrected chi connectivity index (χ1v) is 12.5. The van der Waals surface area contributed by atoms with Crippen molar-refractivity contribution in [3.8, 4) is 0 Å². The zero-order valence-corrected chi connectivity index (χ0v) is 20.2. The number of benzene rings is 1. The highest BCUT2D eigenvalue weighted by Gasteiger charge is 2.26. The van der Waals surface area contributed by atoms with Crippen LogP contribution in [0.5, 0.6) is 0 Å². The van der Waals surface area contributed by atoms with E-state index in [9.17, 15) is 9.59 Å². The average Bonchev–Trinajstić information content (AvgIpc) is 3.25. The van der Waals surface area contributed by atoms with Crippen LogP contribution in [0, 0.1) is 5.92 Å². The number of fused-ring (bicyclic) bond motifs is 3. The summed E-state index contributed by atoms with van der Waals surface area (Å²) in [5.74, 6) is 1.30. The molecule has 3 aromatic rings. The Labute approximate surface area is 198 Å². The van der Waals surface area contributed by atoms with Crippen LogP contribution in [0.1, 0.15) is 32.1 Å². The van der Waals surface area contributed by atoms with Gasteiger partial charge in [0.15, 0.2) is 5.16 Å². The standard InChI is InChI=1S/C24H32N6O2S/c1-4-14-29-22(32)18-12-8-9-13-19(18)30-23(29)26-27-24(30)33-16-21(31)25-15-20(28(2)3)17-10-6-5-7-11-17/h4,8-9,12-13,17,20H,1,5-7,10-11,14-16H2,2-3H3,(H,25,31)/t20-/m0/s1. The number of nitrogens with zero attached hydrogens (tertiary/aromatic N) is 5. The number of rotatable bonds is 9. The SMILES string of the molecule is C=CCn1c(=O)c2ccccc2n2c(SCC(=O)NC[C@@H](C3CCCCC3)N(C)C)nnc12. The van der Waals surface area contributed by atoms with E-state index in [4.69, 9.17) is 0 Å². The summed E-state index contributed by atoms with van der Waals surface area (Å²) in [4.78, 5) is 27.8. The monoisotopic (exact) mass is 468 g/mol. The third kappa shape index (κ3) is 4.99. The Bertz CT molecular complexity index is 1190. The Kier molecular flexibility index (Phi) is 7.49. The first-order valence-electron chi connectivity index (χ1n) is 11.5. The van der Waals surface area contributed by atoms with E-state index < -0.39 is 0 Å². The minimum absolute atomic E-state index is 0.0249. The molecular formula is C24H32N6O2S. The molecule has 0 spiro atoms. The number of hydrogen-bond donors (Lipinski definition) is 1. The Morgan fingerprint density at radius 3 is 2.76 bits per heavy atom. The number of amides is 1. The van der Waals surface area contributed by atoms with E-state index in [1.54, 1.807) is 16.7 Å². The maximum atomic E-state index is 12.9. The van der Waals surface area contributed by atoms with Crippen LogP contribution in [0.3, 0.4) is 0 Å². The third-order valence-electron chi connectivity index (χ3n) is 6.49. The number of thioether (sulfide) groups is 1. The van der Waals surface area contributed by atoms with Crippen molar-refractivity contribution in [1.29, 1.82) is 0 Å². The number of likely N-dealkylation sites (N-methyl/N-ethyl adjacent to an activating group) is 1. The van der Waals surface area contributed by atoms with Gasteiger partial charge in [-0.2, -0.15) is 0 Å². The van der Waals surface area contributed by atoms with Gasteiger partial charge in [0.25, 0.3) is 5.56 Å². The summed E-state index contributed by atoms with van der Waals surface area (Å²) in [5.41, 5.74) is 0.604. The molecule has 2 aromatic heterocycles. The lowest BCUT2D eigenvalue weighted by molar-refractivity contribution is -0.118. The molecule has 8 nitrogen and oxygen atoms in total.